The molecule has 0 bridgehead atoms. The van der Waals surface area contributed by atoms with Crippen LogP contribution >= 0.6 is 0 Å². The van der Waals surface area contributed by atoms with Gasteiger partial charge in [0.05, 0.1) is 12.5 Å². The van der Waals surface area contributed by atoms with Gasteiger partial charge in [-0.2, -0.15) is 0 Å². The molecule has 0 aliphatic carbocycles. The van der Waals surface area contributed by atoms with Crippen LogP contribution in [0.15, 0.2) is 53.3 Å². The zero-order valence-electron chi connectivity index (χ0n) is 9.17. The van der Waals surface area contributed by atoms with Gasteiger partial charge in [-0.05, 0) is 36.0 Å². The second-order valence-corrected chi connectivity index (χ2v) is 4.07. The third-order valence-electron chi connectivity index (χ3n) is 2.73. The first-order valence-corrected chi connectivity index (χ1v) is 5.54. The Morgan fingerprint density at radius 3 is 2.38 bits per heavy atom. The molecule has 1 aromatic carbocycles. The number of aliphatic hydroxyl groups is 1. The van der Waals surface area contributed by atoms with Crippen molar-refractivity contribution in [3.8, 4) is 0 Å². The molecule has 0 spiro atoms. The highest BCUT2D eigenvalue weighted by molar-refractivity contribution is 5.16. The Hall–Kier alpha value is -1.54. The smallest absolute Gasteiger partial charge is 0.0934 e. The van der Waals surface area contributed by atoms with Gasteiger partial charge in [-0.25, -0.2) is 0 Å². The van der Waals surface area contributed by atoms with Gasteiger partial charge in [-0.3, -0.25) is 0 Å². The zero-order valence-corrected chi connectivity index (χ0v) is 9.17. The van der Waals surface area contributed by atoms with E-state index in [0.717, 1.165) is 18.4 Å². The van der Waals surface area contributed by atoms with E-state index in [1.54, 1.807) is 12.5 Å². The van der Waals surface area contributed by atoms with Crippen LogP contribution in [-0.2, 0) is 12.8 Å². The van der Waals surface area contributed by atoms with Gasteiger partial charge in [-0.15, -0.1) is 0 Å². The highest BCUT2D eigenvalue weighted by Crippen LogP contribution is 2.14. The molecule has 0 saturated heterocycles. The van der Waals surface area contributed by atoms with Crippen LogP contribution in [0.1, 0.15) is 11.1 Å². The van der Waals surface area contributed by atoms with Gasteiger partial charge >= 0.3 is 0 Å². The summed E-state index contributed by atoms with van der Waals surface area (Å²) in [6.45, 7) is 0.208. The fraction of sp³-hybridized carbons (Fsp3) is 0.286. The van der Waals surface area contributed by atoms with Crippen molar-refractivity contribution in [2.45, 2.75) is 12.8 Å². The minimum atomic E-state index is 0.208. The summed E-state index contributed by atoms with van der Waals surface area (Å²) < 4.78 is 5.03. The second-order valence-electron chi connectivity index (χ2n) is 4.07. The average Bonchev–Trinajstić information content (AvgIpc) is 2.82. The van der Waals surface area contributed by atoms with E-state index in [-0.39, 0.29) is 12.5 Å². The standard InChI is InChI=1S/C14H16O2/c15-10-14(9-13-6-7-16-11-13)8-12-4-2-1-3-5-12/h1-7,11,14-15H,8-10H2. The van der Waals surface area contributed by atoms with Crippen LogP contribution in [0.5, 0.6) is 0 Å². The maximum absolute atomic E-state index is 9.36. The van der Waals surface area contributed by atoms with Gasteiger partial charge in [0.25, 0.3) is 0 Å². The lowest BCUT2D eigenvalue weighted by molar-refractivity contribution is 0.225. The molecule has 1 aromatic heterocycles. The van der Waals surface area contributed by atoms with Crippen molar-refractivity contribution in [2.24, 2.45) is 5.92 Å². The molecule has 0 radical (unpaired) electrons. The average molecular weight is 216 g/mol. The molecule has 1 heterocycles. The minimum Gasteiger partial charge on any atom is -0.472 e. The van der Waals surface area contributed by atoms with Crippen molar-refractivity contribution >= 4 is 0 Å². The molecule has 2 rings (SSSR count). The lowest BCUT2D eigenvalue weighted by atomic mass is 9.94. The maximum atomic E-state index is 9.36. The Morgan fingerprint density at radius 2 is 1.75 bits per heavy atom. The highest BCUT2D eigenvalue weighted by Gasteiger charge is 2.10. The topological polar surface area (TPSA) is 33.4 Å². The number of benzene rings is 1. The van der Waals surface area contributed by atoms with E-state index in [9.17, 15) is 5.11 Å². The van der Waals surface area contributed by atoms with Crippen LogP contribution in [0.3, 0.4) is 0 Å². The van der Waals surface area contributed by atoms with Crippen LogP contribution < -0.4 is 0 Å². The number of furan rings is 1. The number of aliphatic hydroxyl groups excluding tert-OH is 1. The monoisotopic (exact) mass is 216 g/mol. The van der Waals surface area contributed by atoms with E-state index in [1.807, 2.05) is 24.3 Å². The summed E-state index contributed by atoms with van der Waals surface area (Å²) in [6, 6.07) is 12.2. The van der Waals surface area contributed by atoms with E-state index in [4.69, 9.17) is 4.42 Å². The molecule has 1 atom stereocenters. The molecule has 1 unspecified atom stereocenters. The first-order valence-electron chi connectivity index (χ1n) is 5.54. The fourth-order valence-electron chi connectivity index (χ4n) is 1.89. The highest BCUT2D eigenvalue weighted by atomic mass is 16.3. The molecule has 0 aliphatic rings. The molecule has 84 valence electrons. The van der Waals surface area contributed by atoms with Crippen molar-refractivity contribution in [3.05, 3.63) is 60.1 Å². The second kappa shape index (κ2) is 5.52. The summed E-state index contributed by atoms with van der Waals surface area (Å²) in [5, 5.41) is 9.36. The van der Waals surface area contributed by atoms with Crippen LogP contribution in [0.25, 0.3) is 0 Å². The summed E-state index contributed by atoms with van der Waals surface area (Å²) in [6.07, 6.45) is 5.18. The Bertz CT molecular complexity index is 392. The van der Waals surface area contributed by atoms with E-state index >= 15 is 0 Å². The molecule has 0 saturated carbocycles. The van der Waals surface area contributed by atoms with Gasteiger partial charge in [0, 0.05) is 6.61 Å². The molecular formula is C14H16O2. The first kappa shape index (κ1) is 11.0. The first-order chi connectivity index (χ1) is 7.88. The summed E-state index contributed by atoms with van der Waals surface area (Å²) in [5.41, 5.74) is 2.42. The molecule has 2 heteroatoms. The third-order valence-corrected chi connectivity index (χ3v) is 2.73. The van der Waals surface area contributed by atoms with Crippen molar-refractivity contribution in [3.63, 3.8) is 0 Å². The van der Waals surface area contributed by atoms with E-state index in [0.29, 0.717) is 0 Å². The van der Waals surface area contributed by atoms with Gasteiger partial charge < -0.3 is 9.52 Å². The van der Waals surface area contributed by atoms with E-state index in [1.165, 1.54) is 5.56 Å². The Morgan fingerprint density at radius 1 is 1.00 bits per heavy atom. The predicted molar refractivity (Wildman–Crippen MR) is 63.1 cm³/mol. The van der Waals surface area contributed by atoms with Gasteiger partial charge in [0.15, 0.2) is 0 Å². The van der Waals surface area contributed by atoms with Crippen LogP contribution in [0.2, 0.25) is 0 Å². The fourth-order valence-corrected chi connectivity index (χ4v) is 1.89. The third kappa shape index (κ3) is 2.97. The number of hydrogen-bond donors (Lipinski definition) is 1. The normalized spacial score (nSPS) is 12.6. The summed E-state index contributed by atoms with van der Waals surface area (Å²) >= 11 is 0. The Labute approximate surface area is 95.5 Å². The van der Waals surface area contributed by atoms with Crippen molar-refractivity contribution < 1.29 is 9.52 Å². The van der Waals surface area contributed by atoms with Crippen LogP contribution in [0, 0.1) is 5.92 Å². The lowest BCUT2D eigenvalue weighted by Crippen LogP contribution is -2.12. The van der Waals surface area contributed by atoms with Gasteiger partial charge in [0.1, 0.15) is 0 Å². The van der Waals surface area contributed by atoms with Crippen LogP contribution in [-0.4, -0.2) is 11.7 Å². The molecule has 16 heavy (non-hydrogen) atoms. The molecule has 0 fully saturated rings. The van der Waals surface area contributed by atoms with E-state index < -0.39 is 0 Å². The Kier molecular flexibility index (Phi) is 3.78. The number of rotatable bonds is 5. The SMILES string of the molecule is OCC(Cc1ccccc1)Cc1ccoc1. The summed E-state index contributed by atoms with van der Waals surface area (Å²) in [4.78, 5) is 0. The van der Waals surface area contributed by atoms with Crippen molar-refractivity contribution in [1.82, 2.24) is 0 Å². The maximum Gasteiger partial charge on any atom is 0.0934 e. The Balaban J connectivity index is 1.96. The summed E-state index contributed by atoms with van der Waals surface area (Å²) in [5.74, 6) is 0.264. The van der Waals surface area contributed by atoms with Crippen molar-refractivity contribution in [2.75, 3.05) is 6.61 Å². The molecule has 1 N–H and O–H groups in total. The van der Waals surface area contributed by atoms with Gasteiger partial charge in [0.2, 0.25) is 0 Å². The molecule has 0 aliphatic heterocycles. The zero-order chi connectivity index (χ0) is 11.2. The number of hydrogen-bond acceptors (Lipinski definition) is 2. The predicted octanol–water partition coefficient (Wildman–Crippen LogP) is 2.67. The minimum absolute atomic E-state index is 0.208. The molecule has 2 nitrogen and oxygen atoms in total. The van der Waals surface area contributed by atoms with Gasteiger partial charge in [-0.1, -0.05) is 30.3 Å². The lowest BCUT2D eigenvalue weighted by Gasteiger charge is -2.12. The molecular weight excluding hydrogens is 200 g/mol. The van der Waals surface area contributed by atoms with Crippen LogP contribution in [0.4, 0.5) is 0 Å². The quantitative estimate of drug-likeness (QED) is 0.833. The molecule has 2 aromatic rings. The largest absolute Gasteiger partial charge is 0.472 e. The van der Waals surface area contributed by atoms with Crippen molar-refractivity contribution in [1.29, 1.82) is 0 Å². The van der Waals surface area contributed by atoms with E-state index in [2.05, 4.69) is 12.1 Å². The molecule has 0 amide bonds. The summed E-state index contributed by atoms with van der Waals surface area (Å²) in [7, 11) is 0.